The van der Waals surface area contributed by atoms with Gasteiger partial charge in [-0.25, -0.2) is 15.0 Å². The van der Waals surface area contributed by atoms with Crippen molar-refractivity contribution in [3.8, 4) is 0 Å². The van der Waals surface area contributed by atoms with Gasteiger partial charge in [0.15, 0.2) is 5.65 Å². The number of hydrogen-bond donors (Lipinski definition) is 1. The topological polar surface area (TPSA) is 78.8 Å². The molecule has 0 saturated carbocycles. The Morgan fingerprint density at radius 3 is 2.77 bits per heavy atom. The Hall–Kier alpha value is -3.16. The molecular weight excluding hydrogens is 328 g/mol. The smallest absolute Gasteiger partial charge is 0.203 e. The molecule has 3 aromatic heterocycles. The Morgan fingerprint density at radius 2 is 1.85 bits per heavy atom. The van der Waals surface area contributed by atoms with Gasteiger partial charge >= 0.3 is 0 Å². The molecule has 4 aromatic rings. The van der Waals surface area contributed by atoms with E-state index < -0.39 is 0 Å². The van der Waals surface area contributed by atoms with E-state index in [4.69, 9.17) is 4.98 Å². The number of anilines is 2. The molecule has 0 unspecified atom stereocenters. The molecule has 0 amide bonds. The van der Waals surface area contributed by atoms with Crippen LogP contribution < -0.4 is 9.80 Å². The number of para-hydroxylation sites is 2. The van der Waals surface area contributed by atoms with Crippen molar-refractivity contribution >= 4 is 33.8 Å². The fraction of sp³-hybridized carbons (Fsp3) is 0.333. The molecule has 1 saturated heterocycles. The third kappa shape index (κ3) is 2.45. The van der Waals surface area contributed by atoms with E-state index in [2.05, 4.69) is 35.9 Å². The summed E-state index contributed by atoms with van der Waals surface area (Å²) < 4.78 is 1.79. The van der Waals surface area contributed by atoms with Gasteiger partial charge in [0.1, 0.15) is 12.1 Å². The van der Waals surface area contributed by atoms with Crippen LogP contribution in [0.3, 0.4) is 0 Å². The molecule has 0 atom stereocenters. The van der Waals surface area contributed by atoms with Gasteiger partial charge in [-0.1, -0.05) is 12.1 Å². The molecule has 0 radical (unpaired) electrons. The number of hydrogen-bond acceptors (Lipinski definition) is 6. The maximum atomic E-state index is 4.74. The number of aryl methyl sites for hydroxylation is 1. The monoisotopic (exact) mass is 348 g/mol. The second-order valence-corrected chi connectivity index (χ2v) is 6.61. The Balaban J connectivity index is 1.41. The van der Waals surface area contributed by atoms with Gasteiger partial charge in [0.2, 0.25) is 5.95 Å². The summed E-state index contributed by atoms with van der Waals surface area (Å²) in [5, 5.41) is 5.33. The number of H-pyrrole nitrogens is 1. The van der Waals surface area contributed by atoms with E-state index in [9.17, 15) is 0 Å². The first-order valence-electron chi connectivity index (χ1n) is 8.87. The predicted molar refractivity (Wildman–Crippen MR) is 101 cm³/mol. The normalized spacial score (nSPS) is 15.7. The molecule has 8 nitrogen and oxygen atoms in total. The van der Waals surface area contributed by atoms with Gasteiger partial charge in [-0.15, -0.1) is 0 Å². The summed E-state index contributed by atoms with van der Waals surface area (Å²) in [5.41, 5.74) is 2.96. The summed E-state index contributed by atoms with van der Waals surface area (Å²) >= 11 is 0. The molecule has 1 aromatic carbocycles. The van der Waals surface area contributed by atoms with E-state index >= 15 is 0 Å². The van der Waals surface area contributed by atoms with Crippen molar-refractivity contribution in [2.45, 2.75) is 6.42 Å². The summed E-state index contributed by atoms with van der Waals surface area (Å²) in [7, 11) is 1.91. The van der Waals surface area contributed by atoms with Crippen LogP contribution in [0.2, 0.25) is 0 Å². The first-order chi connectivity index (χ1) is 12.8. The lowest BCUT2D eigenvalue weighted by Crippen LogP contribution is -2.31. The van der Waals surface area contributed by atoms with Crippen LogP contribution in [0.5, 0.6) is 0 Å². The maximum Gasteiger partial charge on any atom is 0.203 e. The number of nitrogens with one attached hydrogen (secondary N) is 1. The molecule has 1 aliphatic heterocycles. The van der Waals surface area contributed by atoms with Crippen LogP contribution in [0, 0.1) is 0 Å². The van der Waals surface area contributed by atoms with Crippen LogP contribution in [0.4, 0.5) is 11.8 Å². The summed E-state index contributed by atoms with van der Waals surface area (Å²) in [5.74, 6) is 1.91. The second kappa shape index (κ2) is 5.98. The molecule has 26 heavy (non-hydrogen) atoms. The van der Waals surface area contributed by atoms with E-state index in [-0.39, 0.29) is 0 Å². The molecule has 0 spiro atoms. The fourth-order valence-corrected chi connectivity index (χ4v) is 3.63. The first-order valence-corrected chi connectivity index (χ1v) is 8.87. The largest absolute Gasteiger partial charge is 0.354 e. The average molecular weight is 348 g/mol. The van der Waals surface area contributed by atoms with Crippen LogP contribution >= 0.6 is 0 Å². The Morgan fingerprint density at radius 1 is 1.00 bits per heavy atom. The van der Waals surface area contributed by atoms with Crippen LogP contribution in [-0.4, -0.2) is 55.9 Å². The minimum atomic E-state index is 0.869. The van der Waals surface area contributed by atoms with E-state index in [0.717, 1.165) is 66.4 Å². The number of imidazole rings is 1. The highest BCUT2D eigenvalue weighted by Crippen LogP contribution is 2.24. The number of fused-ring (bicyclic) bond motifs is 2. The van der Waals surface area contributed by atoms with Crippen LogP contribution in [0.1, 0.15) is 6.42 Å². The lowest BCUT2D eigenvalue weighted by atomic mass is 10.3. The third-order valence-electron chi connectivity index (χ3n) is 4.98. The van der Waals surface area contributed by atoms with Crippen LogP contribution in [0.25, 0.3) is 22.1 Å². The molecule has 0 aliphatic carbocycles. The maximum absolute atomic E-state index is 4.74. The van der Waals surface area contributed by atoms with E-state index in [1.54, 1.807) is 11.0 Å². The van der Waals surface area contributed by atoms with Crippen molar-refractivity contribution in [1.82, 2.24) is 29.7 Å². The summed E-state index contributed by atoms with van der Waals surface area (Å²) in [4.78, 5) is 21.7. The molecule has 1 fully saturated rings. The number of benzene rings is 1. The molecule has 1 N–H and O–H groups in total. The van der Waals surface area contributed by atoms with Gasteiger partial charge in [0.25, 0.3) is 0 Å². The molecule has 4 heterocycles. The predicted octanol–water partition coefficient (Wildman–Crippen LogP) is 1.96. The number of nitrogens with zero attached hydrogens (tertiary/aromatic N) is 7. The molecule has 5 rings (SSSR count). The Kier molecular flexibility index (Phi) is 3.48. The fourth-order valence-electron chi connectivity index (χ4n) is 3.63. The second-order valence-electron chi connectivity index (χ2n) is 6.61. The summed E-state index contributed by atoms with van der Waals surface area (Å²) in [6, 6.07) is 8.16. The summed E-state index contributed by atoms with van der Waals surface area (Å²) in [6.07, 6.45) is 4.52. The van der Waals surface area contributed by atoms with Crippen LogP contribution in [0.15, 0.2) is 36.8 Å². The van der Waals surface area contributed by atoms with Crippen molar-refractivity contribution in [2.75, 3.05) is 36.0 Å². The Bertz CT molecular complexity index is 1030. The minimum Gasteiger partial charge on any atom is -0.354 e. The van der Waals surface area contributed by atoms with Crippen molar-refractivity contribution in [1.29, 1.82) is 0 Å². The third-order valence-corrected chi connectivity index (χ3v) is 4.98. The number of aromatic nitrogens is 6. The average Bonchev–Trinajstić information content (AvgIpc) is 3.17. The van der Waals surface area contributed by atoms with Crippen LogP contribution in [-0.2, 0) is 7.05 Å². The van der Waals surface area contributed by atoms with E-state index in [0.29, 0.717) is 0 Å². The van der Waals surface area contributed by atoms with Gasteiger partial charge in [0, 0.05) is 33.2 Å². The quantitative estimate of drug-likeness (QED) is 0.597. The molecule has 1 aliphatic rings. The number of rotatable bonds is 2. The molecular formula is C18H20N8. The highest BCUT2D eigenvalue weighted by atomic mass is 15.3. The van der Waals surface area contributed by atoms with Gasteiger partial charge in [0.05, 0.1) is 22.6 Å². The first kappa shape index (κ1) is 15.1. The number of aromatic amines is 1. The van der Waals surface area contributed by atoms with E-state index in [1.165, 1.54) is 0 Å². The van der Waals surface area contributed by atoms with Crippen molar-refractivity contribution in [3.63, 3.8) is 0 Å². The molecule has 0 bridgehead atoms. The van der Waals surface area contributed by atoms with Gasteiger partial charge < -0.3 is 14.8 Å². The Labute approximate surface area is 150 Å². The zero-order valence-electron chi connectivity index (χ0n) is 14.6. The standard InChI is InChI=1S/C18H20N8/c1-24-16-13(11-21-24)17(20-12-19-16)25-7-4-8-26(10-9-25)18-22-14-5-2-3-6-15(14)23-18/h2-3,5-6,11-12H,4,7-10H2,1H3,(H,22,23). The van der Waals surface area contributed by atoms with Gasteiger partial charge in [-0.05, 0) is 18.6 Å². The SMILES string of the molecule is Cn1ncc2c(N3CCCN(c4nc5ccccc5[nH]4)CC3)ncnc21. The zero-order valence-corrected chi connectivity index (χ0v) is 14.6. The lowest BCUT2D eigenvalue weighted by molar-refractivity contribution is 0.782. The van der Waals surface area contributed by atoms with Gasteiger partial charge in [-0.2, -0.15) is 5.10 Å². The van der Waals surface area contributed by atoms with Crippen molar-refractivity contribution in [3.05, 3.63) is 36.8 Å². The highest BCUT2D eigenvalue weighted by molar-refractivity contribution is 5.86. The van der Waals surface area contributed by atoms with Gasteiger partial charge in [-0.3, -0.25) is 4.68 Å². The zero-order chi connectivity index (χ0) is 17.5. The summed E-state index contributed by atoms with van der Waals surface area (Å²) in [6.45, 7) is 3.71. The van der Waals surface area contributed by atoms with E-state index in [1.807, 2.05) is 31.4 Å². The lowest BCUT2D eigenvalue weighted by Gasteiger charge is -2.22. The van der Waals surface area contributed by atoms with Crippen molar-refractivity contribution in [2.24, 2.45) is 7.05 Å². The van der Waals surface area contributed by atoms with Crippen molar-refractivity contribution < 1.29 is 0 Å². The highest BCUT2D eigenvalue weighted by Gasteiger charge is 2.21. The molecule has 8 heteroatoms. The molecule has 132 valence electrons. The minimum absolute atomic E-state index is 0.869.